The van der Waals surface area contributed by atoms with Crippen molar-refractivity contribution >= 4 is 0 Å². The summed E-state index contributed by atoms with van der Waals surface area (Å²) in [5.41, 5.74) is 0. The number of hydrogen-bond acceptors (Lipinski definition) is 2. The minimum atomic E-state index is 0.566. The summed E-state index contributed by atoms with van der Waals surface area (Å²) in [5, 5.41) is 3.52. The third-order valence-electron chi connectivity index (χ3n) is 2.28. The zero-order valence-electron chi connectivity index (χ0n) is 10.1. The van der Waals surface area contributed by atoms with Crippen LogP contribution in [0.2, 0.25) is 0 Å². The highest BCUT2D eigenvalue weighted by molar-refractivity contribution is 4.64. The number of rotatable bonds is 10. The zero-order valence-corrected chi connectivity index (χ0v) is 10.1. The largest absolute Gasteiger partial charge is 0.380 e. The molecule has 0 rings (SSSR count). The van der Waals surface area contributed by atoms with Crippen LogP contribution in [-0.4, -0.2) is 25.8 Å². The maximum absolute atomic E-state index is 5.62. The minimum absolute atomic E-state index is 0.566. The van der Waals surface area contributed by atoms with Gasteiger partial charge in [0.15, 0.2) is 0 Å². The molecule has 0 aliphatic carbocycles. The molecule has 0 radical (unpaired) electrons. The van der Waals surface area contributed by atoms with Crippen LogP contribution in [0.1, 0.15) is 52.9 Å². The second-order valence-corrected chi connectivity index (χ2v) is 3.87. The Labute approximate surface area is 89.4 Å². The van der Waals surface area contributed by atoms with Crippen molar-refractivity contribution in [1.29, 1.82) is 0 Å². The van der Waals surface area contributed by atoms with Gasteiger partial charge < -0.3 is 10.1 Å². The molecule has 1 N–H and O–H groups in total. The van der Waals surface area contributed by atoms with Crippen molar-refractivity contribution in [2.45, 2.75) is 58.9 Å². The third-order valence-corrected chi connectivity index (χ3v) is 2.28. The molecule has 1 atom stereocenters. The Bertz CT molecular complexity index is 106. The minimum Gasteiger partial charge on any atom is -0.380 e. The first-order chi connectivity index (χ1) is 6.85. The summed E-state index contributed by atoms with van der Waals surface area (Å²) in [6.45, 7) is 9.54. The van der Waals surface area contributed by atoms with E-state index in [1.807, 2.05) is 0 Å². The van der Waals surface area contributed by atoms with Crippen molar-refractivity contribution in [3.8, 4) is 0 Å². The Morgan fingerprint density at radius 2 is 1.86 bits per heavy atom. The van der Waals surface area contributed by atoms with E-state index >= 15 is 0 Å². The Morgan fingerprint density at radius 1 is 1.07 bits per heavy atom. The lowest BCUT2D eigenvalue weighted by Crippen LogP contribution is -2.34. The summed E-state index contributed by atoms with van der Waals surface area (Å²) in [6.07, 6.45) is 6.08. The van der Waals surface area contributed by atoms with Crippen molar-refractivity contribution in [3.05, 3.63) is 0 Å². The van der Waals surface area contributed by atoms with E-state index in [9.17, 15) is 0 Å². The number of nitrogens with one attached hydrogen (secondary N) is 1. The van der Waals surface area contributed by atoms with Gasteiger partial charge in [-0.2, -0.15) is 0 Å². The fourth-order valence-corrected chi connectivity index (χ4v) is 1.41. The maximum Gasteiger partial charge on any atom is 0.0619 e. The fraction of sp³-hybridized carbons (Fsp3) is 1.00. The average molecular weight is 201 g/mol. The molecule has 2 nitrogen and oxygen atoms in total. The van der Waals surface area contributed by atoms with Gasteiger partial charge in [0, 0.05) is 12.6 Å². The van der Waals surface area contributed by atoms with Crippen LogP contribution in [0, 0.1) is 0 Å². The van der Waals surface area contributed by atoms with Gasteiger partial charge in [-0.25, -0.2) is 0 Å². The van der Waals surface area contributed by atoms with Crippen LogP contribution >= 0.6 is 0 Å². The van der Waals surface area contributed by atoms with Crippen molar-refractivity contribution in [1.82, 2.24) is 5.32 Å². The van der Waals surface area contributed by atoms with Gasteiger partial charge in [-0.3, -0.25) is 0 Å². The first-order valence-corrected chi connectivity index (χ1v) is 6.16. The van der Waals surface area contributed by atoms with Crippen LogP contribution < -0.4 is 5.32 Å². The van der Waals surface area contributed by atoms with Crippen molar-refractivity contribution < 1.29 is 4.74 Å². The standard InChI is InChI=1S/C12H27NO/c1-4-7-10-14-11-12(8-5-2)13-9-6-3/h12-13H,4-11H2,1-3H3. The zero-order chi connectivity index (χ0) is 10.6. The van der Waals surface area contributed by atoms with E-state index in [1.165, 1.54) is 32.1 Å². The van der Waals surface area contributed by atoms with E-state index in [-0.39, 0.29) is 0 Å². The van der Waals surface area contributed by atoms with Gasteiger partial charge in [-0.1, -0.05) is 33.6 Å². The molecule has 14 heavy (non-hydrogen) atoms. The van der Waals surface area contributed by atoms with Crippen LogP contribution in [0.4, 0.5) is 0 Å². The van der Waals surface area contributed by atoms with Crippen LogP contribution in [0.3, 0.4) is 0 Å². The average Bonchev–Trinajstić information content (AvgIpc) is 2.20. The molecule has 1 unspecified atom stereocenters. The van der Waals surface area contributed by atoms with E-state index in [1.54, 1.807) is 0 Å². The second-order valence-electron chi connectivity index (χ2n) is 3.87. The molecule has 0 aromatic carbocycles. The molecule has 0 spiro atoms. The fourth-order valence-electron chi connectivity index (χ4n) is 1.41. The van der Waals surface area contributed by atoms with Gasteiger partial charge in [0.05, 0.1) is 6.61 Å². The lowest BCUT2D eigenvalue weighted by Gasteiger charge is -2.17. The molecule has 0 bridgehead atoms. The maximum atomic E-state index is 5.62. The summed E-state index contributed by atoms with van der Waals surface area (Å²) < 4.78 is 5.62. The molecule has 0 saturated carbocycles. The molecular formula is C12H27NO. The van der Waals surface area contributed by atoms with Crippen molar-refractivity contribution in [3.63, 3.8) is 0 Å². The summed E-state index contributed by atoms with van der Waals surface area (Å²) in [4.78, 5) is 0. The molecule has 0 aliphatic rings. The van der Waals surface area contributed by atoms with Crippen LogP contribution in [-0.2, 0) is 4.74 Å². The molecule has 0 heterocycles. The lowest BCUT2D eigenvalue weighted by atomic mass is 10.2. The molecule has 0 fully saturated rings. The lowest BCUT2D eigenvalue weighted by molar-refractivity contribution is 0.106. The van der Waals surface area contributed by atoms with E-state index in [2.05, 4.69) is 26.1 Å². The SMILES string of the molecule is CCCCOCC(CCC)NCCC. The van der Waals surface area contributed by atoms with Gasteiger partial charge in [0.25, 0.3) is 0 Å². The highest BCUT2D eigenvalue weighted by Crippen LogP contribution is 1.99. The van der Waals surface area contributed by atoms with Crippen molar-refractivity contribution in [2.75, 3.05) is 19.8 Å². The Morgan fingerprint density at radius 3 is 2.43 bits per heavy atom. The summed E-state index contributed by atoms with van der Waals surface area (Å²) in [7, 11) is 0. The first kappa shape index (κ1) is 13.9. The van der Waals surface area contributed by atoms with E-state index in [0.717, 1.165) is 19.8 Å². The predicted octanol–water partition coefficient (Wildman–Crippen LogP) is 2.97. The smallest absolute Gasteiger partial charge is 0.0619 e. The Kier molecular flexibility index (Phi) is 10.9. The first-order valence-electron chi connectivity index (χ1n) is 6.16. The van der Waals surface area contributed by atoms with E-state index in [0.29, 0.717) is 6.04 Å². The molecule has 0 amide bonds. The van der Waals surface area contributed by atoms with Gasteiger partial charge in [0.2, 0.25) is 0 Å². The van der Waals surface area contributed by atoms with Gasteiger partial charge in [-0.05, 0) is 25.8 Å². The van der Waals surface area contributed by atoms with Crippen LogP contribution in [0.25, 0.3) is 0 Å². The van der Waals surface area contributed by atoms with Gasteiger partial charge in [0.1, 0.15) is 0 Å². The summed E-state index contributed by atoms with van der Waals surface area (Å²) in [5.74, 6) is 0. The molecular weight excluding hydrogens is 174 g/mol. The normalized spacial score (nSPS) is 13.1. The predicted molar refractivity (Wildman–Crippen MR) is 62.7 cm³/mol. The molecule has 0 aromatic rings. The second kappa shape index (κ2) is 11.0. The van der Waals surface area contributed by atoms with Crippen molar-refractivity contribution in [2.24, 2.45) is 0 Å². The van der Waals surface area contributed by atoms with E-state index in [4.69, 9.17) is 4.74 Å². The Balaban J connectivity index is 3.40. The van der Waals surface area contributed by atoms with Gasteiger partial charge >= 0.3 is 0 Å². The summed E-state index contributed by atoms with van der Waals surface area (Å²) in [6, 6.07) is 0.566. The van der Waals surface area contributed by atoms with Gasteiger partial charge in [-0.15, -0.1) is 0 Å². The number of hydrogen-bond donors (Lipinski definition) is 1. The van der Waals surface area contributed by atoms with E-state index < -0.39 is 0 Å². The highest BCUT2D eigenvalue weighted by atomic mass is 16.5. The van der Waals surface area contributed by atoms with Crippen LogP contribution in [0.5, 0.6) is 0 Å². The topological polar surface area (TPSA) is 21.3 Å². The molecule has 86 valence electrons. The highest BCUT2D eigenvalue weighted by Gasteiger charge is 2.05. The monoisotopic (exact) mass is 201 g/mol. The summed E-state index contributed by atoms with van der Waals surface area (Å²) >= 11 is 0. The third kappa shape index (κ3) is 8.52. The molecule has 0 aliphatic heterocycles. The quantitative estimate of drug-likeness (QED) is 0.549. The number of unbranched alkanes of at least 4 members (excludes halogenated alkanes) is 1. The van der Waals surface area contributed by atoms with Crippen LogP contribution in [0.15, 0.2) is 0 Å². The molecule has 0 saturated heterocycles. The molecule has 0 aromatic heterocycles. The molecule has 2 heteroatoms. The number of ether oxygens (including phenoxy) is 1. The Hall–Kier alpha value is -0.0800.